The molecule has 1 aromatic carbocycles. The average Bonchev–Trinajstić information content (AvgIpc) is 2.81. The highest BCUT2D eigenvalue weighted by Gasteiger charge is 2.03. The molecule has 0 aliphatic heterocycles. The molecule has 0 aliphatic rings. The van der Waals surface area contributed by atoms with Gasteiger partial charge in [0.1, 0.15) is 0 Å². The van der Waals surface area contributed by atoms with Crippen molar-refractivity contribution in [3.63, 3.8) is 0 Å². The topological polar surface area (TPSA) is 37.0 Å². The molecule has 0 saturated heterocycles. The van der Waals surface area contributed by atoms with E-state index in [1.807, 2.05) is 6.07 Å². The quantitative estimate of drug-likeness (QED) is 0.634. The van der Waals surface area contributed by atoms with Gasteiger partial charge in [-0.05, 0) is 30.8 Å². The molecular weight excluding hydrogens is 274 g/mol. The van der Waals surface area contributed by atoms with Gasteiger partial charge < -0.3 is 10.6 Å². The highest BCUT2D eigenvalue weighted by molar-refractivity contribution is 7.80. The molecule has 2 rings (SSSR count). The summed E-state index contributed by atoms with van der Waals surface area (Å²) in [6.07, 6.45) is 3.25. The maximum absolute atomic E-state index is 5.21. The van der Waals surface area contributed by atoms with E-state index in [-0.39, 0.29) is 0 Å². The molecule has 0 bridgehead atoms. The first-order chi connectivity index (χ1) is 9.29. The third-order valence-electron chi connectivity index (χ3n) is 2.78. The molecule has 102 valence electrons. The van der Waals surface area contributed by atoms with Gasteiger partial charge in [-0.25, -0.2) is 4.98 Å². The molecule has 2 aromatic rings. The molecule has 0 atom stereocenters. The molecule has 0 aliphatic carbocycles. The van der Waals surface area contributed by atoms with Crippen LogP contribution in [0.4, 0.5) is 0 Å². The van der Waals surface area contributed by atoms with Crippen LogP contribution in [-0.4, -0.2) is 23.2 Å². The van der Waals surface area contributed by atoms with Gasteiger partial charge in [-0.2, -0.15) is 0 Å². The van der Waals surface area contributed by atoms with Crippen molar-refractivity contribution in [3.05, 3.63) is 29.3 Å². The summed E-state index contributed by atoms with van der Waals surface area (Å²) < 4.78 is 1.25. The number of unbranched alkanes of at least 4 members (excludes halogenated alkanes) is 1. The second kappa shape index (κ2) is 7.40. The molecule has 1 aromatic heterocycles. The number of aromatic nitrogens is 1. The van der Waals surface area contributed by atoms with Crippen molar-refractivity contribution < 1.29 is 0 Å². The minimum absolute atomic E-state index is 0.745. The minimum Gasteiger partial charge on any atom is -0.363 e. The predicted octanol–water partition coefficient (Wildman–Crippen LogP) is 3.10. The van der Waals surface area contributed by atoms with Crippen LogP contribution >= 0.6 is 23.6 Å². The number of thiocarbonyl (C=S) groups is 1. The Morgan fingerprint density at radius 3 is 2.84 bits per heavy atom. The van der Waals surface area contributed by atoms with Crippen molar-refractivity contribution in [2.45, 2.75) is 26.2 Å². The molecule has 0 fully saturated rings. The number of benzene rings is 1. The zero-order chi connectivity index (χ0) is 13.5. The zero-order valence-electron chi connectivity index (χ0n) is 11.1. The minimum atomic E-state index is 0.745. The van der Waals surface area contributed by atoms with Gasteiger partial charge in [0.15, 0.2) is 5.11 Å². The van der Waals surface area contributed by atoms with E-state index in [1.54, 1.807) is 11.3 Å². The van der Waals surface area contributed by atoms with Crippen molar-refractivity contribution in [3.8, 4) is 0 Å². The molecule has 0 unspecified atom stereocenters. The van der Waals surface area contributed by atoms with E-state index in [9.17, 15) is 0 Å². The van der Waals surface area contributed by atoms with Crippen LogP contribution in [0.1, 0.15) is 24.8 Å². The van der Waals surface area contributed by atoms with Crippen LogP contribution in [0, 0.1) is 0 Å². The SMILES string of the molecule is CCCCNC(=S)NCCc1nc2ccccc2s1. The Labute approximate surface area is 123 Å². The summed E-state index contributed by atoms with van der Waals surface area (Å²) in [6.45, 7) is 3.95. The Kier molecular flexibility index (Phi) is 5.54. The summed E-state index contributed by atoms with van der Waals surface area (Å²) in [4.78, 5) is 4.60. The average molecular weight is 293 g/mol. The molecule has 19 heavy (non-hydrogen) atoms. The molecule has 1 heterocycles. The Balaban J connectivity index is 1.74. The number of nitrogens with zero attached hydrogens (tertiary/aromatic N) is 1. The summed E-state index contributed by atoms with van der Waals surface area (Å²) in [7, 11) is 0. The van der Waals surface area contributed by atoms with Gasteiger partial charge in [0, 0.05) is 19.5 Å². The van der Waals surface area contributed by atoms with E-state index in [4.69, 9.17) is 12.2 Å². The Morgan fingerprint density at radius 2 is 2.05 bits per heavy atom. The Morgan fingerprint density at radius 1 is 1.26 bits per heavy atom. The summed E-state index contributed by atoms with van der Waals surface area (Å²) in [5, 5.41) is 8.32. The lowest BCUT2D eigenvalue weighted by Crippen LogP contribution is -2.36. The molecule has 2 N–H and O–H groups in total. The van der Waals surface area contributed by atoms with E-state index in [0.717, 1.165) is 41.6 Å². The van der Waals surface area contributed by atoms with Gasteiger partial charge in [-0.15, -0.1) is 11.3 Å². The smallest absolute Gasteiger partial charge is 0.166 e. The molecule has 3 nitrogen and oxygen atoms in total. The van der Waals surface area contributed by atoms with Gasteiger partial charge >= 0.3 is 0 Å². The van der Waals surface area contributed by atoms with Crippen LogP contribution in [0.2, 0.25) is 0 Å². The largest absolute Gasteiger partial charge is 0.363 e. The van der Waals surface area contributed by atoms with Gasteiger partial charge in [-0.3, -0.25) is 0 Å². The van der Waals surface area contributed by atoms with E-state index >= 15 is 0 Å². The van der Waals surface area contributed by atoms with Crippen LogP contribution < -0.4 is 10.6 Å². The van der Waals surface area contributed by atoms with Crippen molar-refractivity contribution in [1.82, 2.24) is 15.6 Å². The van der Waals surface area contributed by atoms with Gasteiger partial charge in [-0.1, -0.05) is 25.5 Å². The molecule has 0 amide bonds. The van der Waals surface area contributed by atoms with Crippen molar-refractivity contribution >= 4 is 38.9 Å². The molecule has 0 saturated carbocycles. The molecule has 0 radical (unpaired) electrons. The van der Waals surface area contributed by atoms with E-state index in [1.165, 1.54) is 11.1 Å². The van der Waals surface area contributed by atoms with Crippen molar-refractivity contribution in [2.75, 3.05) is 13.1 Å². The summed E-state index contributed by atoms with van der Waals surface area (Å²) in [5.41, 5.74) is 1.09. The number of nitrogens with one attached hydrogen (secondary N) is 2. The summed E-state index contributed by atoms with van der Waals surface area (Å²) in [5.74, 6) is 0. The van der Waals surface area contributed by atoms with Crippen molar-refractivity contribution in [1.29, 1.82) is 0 Å². The summed E-state index contributed by atoms with van der Waals surface area (Å²) in [6, 6.07) is 8.24. The lowest BCUT2D eigenvalue weighted by Gasteiger charge is -2.08. The first kappa shape index (κ1) is 14.2. The van der Waals surface area contributed by atoms with Gasteiger partial charge in [0.2, 0.25) is 0 Å². The fourth-order valence-electron chi connectivity index (χ4n) is 1.75. The van der Waals surface area contributed by atoms with Crippen LogP contribution in [0.3, 0.4) is 0 Å². The predicted molar refractivity (Wildman–Crippen MR) is 86.8 cm³/mol. The highest BCUT2D eigenvalue weighted by Crippen LogP contribution is 2.21. The van der Waals surface area contributed by atoms with E-state index in [0.29, 0.717) is 0 Å². The third kappa shape index (κ3) is 4.44. The molecule has 0 spiro atoms. The van der Waals surface area contributed by atoms with Crippen LogP contribution in [0.5, 0.6) is 0 Å². The summed E-state index contributed by atoms with van der Waals surface area (Å²) >= 11 is 6.96. The number of thiazole rings is 1. The second-order valence-corrected chi connectivity index (χ2v) is 5.89. The normalized spacial score (nSPS) is 10.6. The van der Waals surface area contributed by atoms with Crippen LogP contribution in [-0.2, 0) is 6.42 Å². The maximum Gasteiger partial charge on any atom is 0.166 e. The Hall–Kier alpha value is -1.20. The first-order valence-corrected chi connectivity index (χ1v) is 7.88. The number of para-hydroxylation sites is 1. The van der Waals surface area contributed by atoms with Crippen LogP contribution in [0.25, 0.3) is 10.2 Å². The monoisotopic (exact) mass is 293 g/mol. The fraction of sp³-hybridized carbons (Fsp3) is 0.429. The lowest BCUT2D eigenvalue weighted by molar-refractivity contribution is 0.736. The molecular formula is C14H19N3S2. The van der Waals surface area contributed by atoms with Crippen LogP contribution in [0.15, 0.2) is 24.3 Å². The van der Waals surface area contributed by atoms with E-state index in [2.05, 4.69) is 40.7 Å². The number of fused-ring (bicyclic) bond motifs is 1. The third-order valence-corrected chi connectivity index (χ3v) is 4.16. The zero-order valence-corrected chi connectivity index (χ0v) is 12.7. The number of hydrogen-bond donors (Lipinski definition) is 2. The first-order valence-electron chi connectivity index (χ1n) is 6.65. The fourth-order valence-corrected chi connectivity index (χ4v) is 2.92. The molecule has 5 heteroatoms. The second-order valence-electron chi connectivity index (χ2n) is 4.36. The number of rotatable bonds is 6. The van der Waals surface area contributed by atoms with Gasteiger partial charge in [0.25, 0.3) is 0 Å². The number of hydrogen-bond acceptors (Lipinski definition) is 3. The maximum atomic E-state index is 5.21. The highest BCUT2D eigenvalue weighted by atomic mass is 32.1. The standard InChI is InChI=1S/C14H19N3S2/c1-2-3-9-15-14(18)16-10-8-13-17-11-6-4-5-7-12(11)19-13/h4-7H,2-3,8-10H2,1H3,(H2,15,16,18). The Bertz CT molecular complexity index is 503. The van der Waals surface area contributed by atoms with Crippen molar-refractivity contribution in [2.24, 2.45) is 0 Å². The lowest BCUT2D eigenvalue weighted by atomic mass is 10.3. The van der Waals surface area contributed by atoms with Gasteiger partial charge in [0.05, 0.1) is 15.2 Å². The van der Waals surface area contributed by atoms with E-state index < -0.39 is 0 Å².